The predicted molar refractivity (Wildman–Crippen MR) is 71.9 cm³/mol. The summed E-state index contributed by atoms with van der Waals surface area (Å²) in [6.45, 7) is 5.08. The molecule has 0 spiro atoms. The van der Waals surface area contributed by atoms with Gasteiger partial charge in [0.2, 0.25) is 0 Å². The van der Waals surface area contributed by atoms with Crippen LogP contribution < -0.4 is 16.4 Å². The number of nitrogens with one attached hydrogen (secondary N) is 2. The summed E-state index contributed by atoms with van der Waals surface area (Å²) in [6, 6.07) is 0. The highest BCUT2D eigenvalue weighted by Gasteiger charge is 2.20. The lowest BCUT2D eigenvalue weighted by Gasteiger charge is -2.28. The third-order valence-corrected chi connectivity index (χ3v) is 3.68. The fourth-order valence-electron chi connectivity index (χ4n) is 2.56. The highest BCUT2D eigenvalue weighted by molar-refractivity contribution is 4.75. The SMILES string of the molecule is NCCCNCC1CCC(CNCCO)CC1. The van der Waals surface area contributed by atoms with E-state index in [1.807, 2.05) is 0 Å². The van der Waals surface area contributed by atoms with Gasteiger partial charge < -0.3 is 21.5 Å². The van der Waals surface area contributed by atoms with Crippen LogP contribution in [0.25, 0.3) is 0 Å². The van der Waals surface area contributed by atoms with Crippen molar-refractivity contribution in [2.45, 2.75) is 32.1 Å². The van der Waals surface area contributed by atoms with Crippen molar-refractivity contribution in [3.05, 3.63) is 0 Å². The molecule has 0 amide bonds. The van der Waals surface area contributed by atoms with Crippen LogP contribution in [-0.4, -0.2) is 44.4 Å². The summed E-state index contributed by atoms with van der Waals surface area (Å²) in [5.41, 5.74) is 5.46. The molecule has 0 saturated heterocycles. The van der Waals surface area contributed by atoms with Crippen LogP contribution in [0.4, 0.5) is 0 Å². The second-order valence-corrected chi connectivity index (χ2v) is 5.16. The van der Waals surface area contributed by atoms with Crippen LogP contribution in [0, 0.1) is 11.8 Å². The van der Waals surface area contributed by atoms with Gasteiger partial charge in [0, 0.05) is 6.54 Å². The zero-order chi connectivity index (χ0) is 12.3. The Balaban J connectivity index is 1.97. The van der Waals surface area contributed by atoms with Crippen molar-refractivity contribution in [3.8, 4) is 0 Å². The first kappa shape index (κ1) is 14.9. The minimum atomic E-state index is 0.250. The molecule has 4 heteroatoms. The second-order valence-electron chi connectivity index (χ2n) is 5.16. The fourth-order valence-corrected chi connectivity index (χ4v) is 2.56. The molecule has 0 atom stereocenters. The van der Waals surface area contributed by atoms with E-state index in [9.17, 15) is 0 Å². The van der Waals surface area contributed by atoms with Gasteiger partial charge in [0.25, 0.3) is 0 Å². The van der Waals surface area contributed by atoms with E-state index in [1.165, 1.54) is 25.7 Å². The van der Waals surface area contributed by atoms with E-state index >= 15 is 0 Å². The summed E-state index contributed by atoms with van der Waals surface area (Å²) in [4.78, 5) is 0. The van der Waals surface area contributed by atoms with Crippen LogP contribution in [-0.2, 0) is 0 Å². The van der Waals surface area contributed by atoms with Gasteiger partial charge in [-0.15, -0.1) is 0 Å². The first-order valence-corrected chi connectivity index (χ1v) is 7.09. The zero-order valence-electron chi connectivity index (χ0n) is 11.0. The van der Waals surface area contributed by atoms with Gasteiger partial charge in [-0.25, -0.2) is 0 Å². The molecule has 102 valence electrons. The summed E-state index contributed by atoms with van der Waals surface area (Å²) in [5.74, 6) is 1.68. The van der Waals surface area contributed by atoms with Crippen molar-refractivity contribution in [3.63, 3.8) is 0 Å². The van der Waals surface area contributed by atoms with Crippen LogP contribution in [0.5, 0.6) is 0 Å². The van der Waals surface area contributed by atoms with Crippen molar-refractivity contribution in [1.29, 1.82) is 0 Å². The molecule has 4 nitrogen and oxygen atoms in total. The van der Waals surface area contributed by atoms with E-state index in [0.29, 0.717) is 0 Å². The Kier molecular flexibility index (Phi) is 8.61. The van der Waals surface area contributed by atoms with E-state index in [0.717, 1.165) is 51.0 Å². The molecule has 0 radical (unpaired) electrons. The Labute approximate surface area is 105 Å². The van der Waals surface area contributed by atoms with Gasteiger partial charge in [-0.05, 0) is 70.1 Å². The van der Waals surface area contributed by atoms with Crippen molar-refractivity contribution < 1.29 is 5.11 Å². The van der Waals surface area contributed by atoms with Gasteiger partial charge in [-0.2, -0.15) is 0 Å². The number of rotatable bonds is 9. The Morgan fingerprint density at radius 1 is 0.941 bits per heavy atom. The van der Waals surface area contributed by atoms with E-state index in [2.05, 4.69) is 10.6 Å². The van der Waals surface area contributed by atoms with Gasteiger partial charge in [-0.3, -0.25) is 0 Å². The lowest BCUT2D eigenvalue weighted by molar-refractivity contribution is 0.248. The zero-order valence-corrected chi connectivity index (χ0v) is 11.0. The quantitative estimate of drug-likeness (QED) is 0.440. The van der Waals surface area contributed by atoms with E-state index in [1.54, 1.807) is 0 Å². The third kappa shape index (κ3) is 6.99. The Hall–Kier alpha value is -0.160. The molecule has 1 saturated carbocycles. The minimum absolute atomic E-state index is 0.250. The number of hydrogen-bond donors (Lipinski definition) is 4. The van der Waals surface area contributed by atoms with E-state index in [4.69, 9.17) is 10.8 Å². The van der Waals surface area contributed by atoms with Crippen LogP contribution in [0.2, 0.25) is 0 Å². The van der Waals surface area contributed by atoms with E-state index in [-0.39, 0.29) is 6.61 Å². The predicted octanol–water partition coefficient (Wildman–Crippen LogP) is 0.313. The standard InChI is InChI=1S/C13H29N3O/c14-6-1-7-15-10-12-2-4-13(5-3-12)11-16-8-9-17/h12-13,15-17H,1-11,14H2. The molecule has 0 heterocycles. The lowest BCUT2D eigenvalue weighted by atomic mass is 9.82. The number of nitrogens with two attached hydrogens (primary N) is 1. The monoisotopic (exact) mass is 243 g/mol. The molecular weight excluding hydrogens is 214 g/mol. The normalized spacial score (nSPS) is 25.1. The van der Waals surface area contributed by atoms with Gasteiger partial charge in [0.1, 0.15) is 0 Å². The van der Waals surface area contributed by atoms with Gasteiger partial charge in [-0.1, -0.05) is 0 Å². The molecule has 1 aliphatic carbocycles. The van der Waals surface area contributed by atoms with Crippen LogP contribution in [0.15, 0.2) is 0 Å². The van der Waals surface area contributed by atoms with Crippen LogP contribution in [0.3, 0.4) is 0 Å². The van der Waals surface area contributed by atoms with Gasteiger partial charge in [0.15, 0.2) is 0 Å². The van der Waals surface area contributed by atoms with Crippen molar-refractivity contribution in [2.75, 3.05) is 39.3 Å². The molecule has 0 bridgehead atoms. The third-order valence-electron chi connectivity index (χ3n) is 3.68. The molecule has 5 N–H and O–H groups in total. The molecule has 0 aromatic heterocycles. The first-order chi connectivity index (χ1) is 8.36. The smallest absolute Gasteiger partial charge is 0.0555 e. The van der Waals surface area contributed by atoms with Crippen molar-refractivity contribution in [1.82, 2.24) is 10.6 Å². The molecule has 0 aliphatic heterocycles. The molecule has 0 aromatic rings. The molecular formula is C13H29N3O. The topological polar surface area (TPSA) is 70.3 Å². The van der Waals surface area contributed by atoms with Gasteiger partial charge in [0.05, 0.1) is 6.61 Å². The summed E-state index contributed by atoms with van der Waals surface area (Å²) >= 11 is 0. The molecule has 0 unspecified atom stereocenters. The molecule has 1 rings (SSSR count). The maximum absolute atomic E-state index is 8.70. The summed E-state index contributed by atoms with van der Waals surface area (Å²) in [6.07, 6.45) is 6.45. The van der Waals surface area contributed by atoms with Crippen LogP contribution in [0.1, 0.15) is 32.1 Å². The van der Waals surface area contributed by atoms with Gasteiger partial charge >= 0.3 is 0 Å². The molecule has 1 fully saturated rings. The van der Waals surface area contributed by atoms with E-state index < -0.39 is 0 Å². The first-order valence-electron chi connectivity index (χ1n) is 7.09. The van der Waals surface area contributed by atoms with Crippen molar-refractivity contribution >= 4 is 0 Å². The summed E-state index contributed by atoms with van der Waals surface area (Å²) in [5, 5.41) is 15.5. The Morgan fingerprint density at radius 2 is 1.47 bits per heavy atom. The molecule has 1 aliphatic rings. The maximum atomic E-state index is 8.70. The highest BCUT2D eigenvalue weighted by Crippen LogP contribution is 2.27. The summed E-state index contributed by atoms with van der Waals surface area (Å²) < 4.78 is 0. The Bertz CT molecular complexity index is 170. The highest BCUT2D eigenvalue weighted by atomic mass is 16.3. The number of hydrogen-bond acceptors (Lipinski definition) is 4. The van der Waals surface area contributed by atoms with Crippen molar-refractivity contribution in [2.24, 2.45) is 17.6 Å². The maximum Gasteiger partial charge on any atom is 0.0555 e. The molecule has 17 heavy (non-hydrogen) atoms. The summed E-state index contributed by atoms with van der Waals surface area (Å²) in [7, 11) is 0. The average Bonchev–Trinajstić information content (AvgIpc) is 2.37. The number of aliphatic hydroxyl groups is 1. The second kappa shape index (κ2) is 9.83. The largest absolute Gasteiger partial charge is 0.395 e. The Morgan fingerprint density at radius 3 is 1.94 bits per heavy atom. The average molecular weight is 243 g/mol. The fraction of sp³-hybridized carbons (Fsp3) is 1.00. The minimum Gasteiger partial charge on any atom is -0.395 e. The van der Waals surface area contributed by atoms with Crippen LogP contribution >= 0.6 is 0 Å². The number of aliphatic hydroxyl groups excluding tert-OH is 1. The lowest BCUT2D eigenvalue weighted by Crippen LogP contribution is -2.32. The molecule has 0 aromatic carbocycles.